The van der Waals surface area contributed by atoms with Gasteiger partial charge in [-0.05, 0) is 63.3 Å². The number of rotatable bonds is 8. The predicted molar refractivity (Wildman–Crippen MR) is 117 cm³/mol. The van der Waals surface area contributed by atoms with E-state index in [1.807, 2.05) is 6.92 Å². The van der Waals surface area contributed by atoms with Crippen LogP contribution in [0.25, 0.3) is 0 Å². The van der Waals surface area contributed by atoms with E-state index < -0.39 is 0 Å². The summed E-state index contributed by atoms with van der Waals surface area (Å²) in [4.78, 5) is 29.0. The Morgan fingerprint density at radius 1 is 1.10 bits per heavy atom. The number of allylic oxidation sites excluding steroid dienone is 1. The summed E-state index contributed by atoms with van der Waals surface area (Å²) in [6, 6.07) is 5.59. The molecule has 164 valence electrons. The normalized spacial score (nSPS) is 19.1. The zero-order chi connectivity index (χ0) is 21.3. The van der Waals surface area contributed by atoms with E-state index in [-0.39, 0.29) is 23.7 Å². The third-order valence-corrected chi connectivity index (χ3v) is 5.96. The van der Waals surface area contributed by atoms with Gasteiger partial charge in [0.1, 0.15) is 5.82 Å². The van der Waals surface area contributed by atoms with Gasteiger partial charge in [0.25, 0.3) is 0 Å². The van der Waals surface area contributed by atoms with Gasteiger partial charge in [0.15, 0.2) is 0 Å². The summed E-state index contributed by atoms with van der Waals surface area (Å²) in [6.07, 6.45) is 8.17. The fourth-order valence-electron chi connectivity index (χ4n) is 4.04. The number of carbonyl (C=O) groups is 2. The molecule has 6 nitrogen and oxygen atoms in total. The van der Waals surface area contributed by atoms with E-state index in [9.17, 15) is 14.0 Å². The molecule has 2 amide bonds. The second-order valence-corrected chi connectivity index (χ2v) is 8.19. The molecule has 1 saturated heterocycles. The molecule has 2 N–H and O–H groups in total. The molecule has 1 aliphatic carbocycles. The number of benzene rings is 1. The number of hydrogen-bond acceptors (Lipinski definition) is 4. The molecule has 2 aliphatic rings. The minimum absolute atomic E-state index is 0.0777. The molecule has 0 saturated carbocycles. The standard InChI is InChI=1S/C23H33FN4O2/c1-18(23(30)25-12-11-19-5-3-2-4-6-19)28-15-13-27(14-16-28)17-22(29)26-21-9-7-20(24)8-10-21/h5,7-10,18H,2-4,6,11-17H2,1H3,(H,25,30)(H,26,29)/t18-/m1/s1. The summed E-state index contributed by atoms with van der Waals surface area (Å²) in [5, 5.41) is 5.87. The molecule has 1 aromatic carbocycles. The largest absolute Gasteiger partial charge is 0.354 e. The molecule has 0 spiro atoms. The summed E-state index contributed by atoms with van der Waals surface area (Å²) in [5.74, 6) is -0.361. The van der Waals surface area contributed by atoms with Crippen LogP contribution in [0.2, 0.25) is 0 Å². The van der Waals surface area contributed by atoms with Crippen LogP contribution in [0.15, 0.2) is 35.9 Å². The van der Waals surface area contributed by atoms with Gasteiger partial charge in [0.05, 0.1) is 12.6 Å². The van der Waals surface area contributed by atoms with Crippen LogP contribution in [0.4, 0.5) is 10.1 Å². The fraction of sp³-hybridized carbons (Fsp3) is 0.565. The molecule has 30 heavy (non-hydrogen) atoms. The molecule has 3 rings (SSSR count). The molecule has 1 aromatic rings. The van der Waals surface area contributed by atoms with Crippen LogP contribution in [-0.4, -0.2) is 66.9 Å². The molecule has 1 heterocycles. The maximum absolute atomic E-state index is 13.0. The Morgan fingerprint density at radius 3 is 2.50 bits per heavy atom. The van der Waals surface area contributed by atoms with Gasteiger partial charge < -0.3 is 10.6 Å². The van der Waals surface area contributed by atoms with Crippen molar-refractivity contribution in [1.29, 1.82) is 0 Å². The van der Waals surface area contributed by atoms with Gasteiger partial charge in [-0.1, -0.05) is 11.6 Å². The van der Waals surface area contributed by atoms with Crippen LogP contribution in [0.5, 0.6) is 0 Å². The second-order valence-electron chi connectivity index (χ2n) is 8.19. The summed E-state index contributed by atoms with van der Waals surface area (Å²) < 4.78 is 13.0. The molecular weight excluding hydrogens is 383 g/mol. The van der Waals surface area contributed by atoms with Crippen molar-refractivity contribution in [3.63, 3.8) is 0 Å². The minimum Gasteiger partial charge on any atom is -0.354 e. The Hall–Kier alpha value is -2.25. The average Bonchev–Trinajstić information content (AvgIpc) is 2.76. The molecule has 1 fully saturated rings. The van der Waals surface area contributed by atoms with Crippen molar-refractivity contribution < 1.29 is 14.0 Å². The minimum atomic E-state index is -0.326. The predicted octanol–water partition coefficient (Wildman–Crippen LogP) is 2.78. The van der Waals surface area contributed by atoms with Gasteiger partial charge in [-0.15, -0.1) is 0 Å². The number of anilines is 1. The van der Waals surface area contributed by atoms with E-state index in [0.29, 0.717) is 18.8 Å². The molecule has 0 radical (unpaired) electrons. The van der Waals surface area contributed by atoms with Crippen LogP contribution in [-0.2, 0) is 9.59 Å². The maximum atomic E-state index is 13.0. The number of carbonyl (C=O) groups excluding carboxylic acids is 2. The first-order valence-electron chi connectivity index (χ1n) is 11.0. The Morgan fingerprint density at radius 2 is 1.83 bits per heavy atom. The van der Waals surface area contributed by atoms with Crippen LogP contribution < -0.4 is 10.6 Å². The highest BCUT2D eigenvalue weighted by Gasteiger charge is 2.26. The lowest BCUT2D eigenvalue weighted by atomic mass is 9.97. The van der Waals surface area contributed by atoms with Crippen molar-refractivity contribution in [2.45, 2.75) is 45.1 Å². The highest BCUT2D eigenvalue weighted by molar-refractivity contribution is 5.92. The van der Waals surface area contributed by atoms with Gasteiger partial charge in [0, 0.05) is 38.4 Å². The lowest BCUT2D eigenvalue weighted by Crippen LogP contribution is -2.54. The van der Waals surface area contributed by atoms with E-state index in [0.717, 1.165) is 32.6 Å². The number of halogens is 1. The first kappa shape index (κ1) is 22.4. The molecule has 0 aromatic heterocycles. The zero-order valence-electron chi connectivity index (χ0n) is 17.8. The third-order valence-electron chi connectivity index (χ3n) is 5.96. The highest BCUT2D eigenvalue weighted by atomic mass is 19.1. The van der Waals surface area contributed by atoms with Crippen molar-refractivity contribution in [2.75, 3.05) is 44.6 Å². The number of nitrogens with one attached hydrogen (secondary N) is 2. The third kappa shape index (κ3) is 6.92. The maximum Gasteiger partial charge on any atom is 0.238 e. The van der Waals surface area contributed by atoms with Crippen molar-refractivity contribution in [2.24, 2.45) is 0 Å². The van der Waals surface area contributed by atoms with E-state index >= 15 is 0 Å². The number of amides is 2. The topological polar surface area (TPSA) is 64.7 Å². The summed E-state index contributed by atoms with van der Waals surface area (Å²) >= 11 is 0. The van der Waals surface area contributed by atoms with Crippen molar-refractivity contribution in [3.05, 3.63) is 41.7 Å². The van der Waals surface area contributed by atoms with E-state index in [4.69, 9.17) is 0 Å². The smallest absolute Gasteiger partial charge is 0.238 e. The molecule has 1 aliphatic heterocycles. The molecule has 7 heteroatoms. The lowest BCUT2D eigenvalue weighted by Gasteiger charge is -2.37. The number of piperazine rings is 1. The zero-order valence-corrected chi connectivity index (χ0v) is 17.8. The van der Waals surface area contributed by atoms with Gasteiger partial charge >= 0.3 is 0 Å². The first-order chi connectivity index (χ1) is 14.5. The van der Waals surface area contributed by atoms with Crippen LogP contribution in [0.3, 0.4) is 0 Å². The van der Waals surface area contributed by atoms with E-state index in [1.165, 1.54) is 43.4 Å². The Labute approximate surface area is 178 Å². The van der Waals surface area contributed by atoms with Gasteiger partial charge in [0.2, 0.25) is 11.8 Å². The van der Waals surface area contributed by atoms with Crippen LogP contribution in [0.1, 0.15) is 39.0 Å². The van der Waals surface area contributed by atoms with Crippen LogP contribution >= 0.6 is 0 Å². The van der Waals surface area contributed by atoms with E-state index in [2.05, 4.69) is 26.5 Å². The van der Waals surface area contributed by atoms with E-state index in [1.54, 1.807) is 12.1 Å². The Bertz CT molecular complexity index is 742. The Kier molecular flexibility index (Phi) is 8.39. The Balaban J connectivity index is 1.34. The number of hydrogen-bond donors (Lipinski definition) is 2. The summed E-state index contributed by atoms with van der Waals surface area (Å²) in [7, 11) is 0. The average molecular weight is 417 g/mol. The number of nitrogens with zero attached hydrogens (tertiary/aromatic N) is 2. The summed E-state index contributed by atoms with van der Waals surface area (Å²) in [5.41, 5.74) is 2.07. The lowest BCUT2D eigenvalue weighted by molar-refractivity contribution is -0.127. The van der Waals surface area contributed by atoms with Gasteiger partial charge in [-0.2, -0.15) is 0 Å². The molecule has 0 bridgehead atoms. The van der Waals surface area contributed by atoms with Crippen molar-refractivity contribution >= 4 is 17.5 Å². The molecular formula is C23H33FN4O2. The molecule has 1 atom stereocenters. The highest BCUT2D eigenvalue weighted by Crippen LogP contribution is 2.19. The molecule has 0 unspecified atom stereocenters. The van der Waals surface area contributed by atoms with Gasteiger partial charge in [-0.3, -0.25) is 19.4 Å². The fourth-order valence-corrected chi connectivity index (χ4v) is 4.04. The van der Waals surface area contributed by atoms with Crippen molar-refractivity contribution in [3.8, 4) is 0 Å². The van der Waals surface area contributed by atoms with Crippen molar-refractivity contribution in [1.82, 2.24) is 15.1 Å². The monoisotopic (exact) mass is 416 g/mol. The first-order valence-corrected chi connectivity index (χ1v) is 11.0. The summed E-state index contributed by atoms with van der Waals surface area (Å²) in [6.45, 7) is 5.93. The second kappa shape index (κ2) is 11.2. The quantitative estimate of drug-likeness (QED) is 0.640. The van der Waals surface area contributed by atoms with Gasteiger partial charge in [-0.25, -0.2) is 4.39 Å². The SMILES string of the molecule is C[C@H](C(=O)NCCC1=CCCCC1)N1CCN(CC(=O)Nc2ccc(F)cc2)CC1. The van der Waals surface area contributed by atoms with Crippen LogP contribution in [0, 0.1) is 5.82 Å².